The average Bonchev–Trinajstić information content (AvgIpc) is 2.57. The van der Waals surface area contributed by atoms with E-state index in [4.69, 9.17) is 9.84 Å². The summed E-state index contributed by atoms with van der Waals surface area (Å²) in [4.78, 5) is 2.32. The SMILES string of the molecule is OCc1ccc(N2CCCOCC2)cc1Br. The second-order valence-electron chi connectivity index (χ2n) is 3.89. The number of ether oxygens (including phenoxy) is 1. The molecule has 0 radical (unpaired) electrons. The molecule has 0 atom stereocenters. The highest BCUT2D eigenvalue weighted by molar-refractivity contribution is 9.10. The van der Waals surface area contributed by atoms with Gasteiger partial charge in [0.15, 0.2) is 0 Å². The number of benzene rings is 1. The lowest BCUT2D eigenvalue weighted by atomic mass is 10.2. The van der Waals surface area contributed by atoms with Crippen LogP contribution in [0.1, 0.15) is 12.0 Å². The first-order valence-corrected chi connectivity index (χ1v) is 6.32. The summed E-state index contributed by atoms with van der Waals surface area (Å²) in [6, 6.07) is 6.09. The predicted octanol–water partition coefficient (Wildman–Crippen LogP) is 2.17. The van der Waals surface area contributed by atoms with Crippen molar-refractivity contribution in [3.63, 3.8) is 0 Å². The molecule has 1 aromatic rings. The largest absolute Gasteiger partial charge is 0.392 e. The van der Waals surface area contributed by atoms with Gasteiger partial charge in [-0.25, -0.2) is 0 Å². The van der Waals surface area contributed by atoms with E-state index in [9.17, 15) is 0 Å². The minimum atomic E-state index is 0.0734. The Balaban J connectivity index is 2.16. The Morgan fingerprint density at radius 1 is 1.31 bits per heavy atom. The van der Waals surface area contributed by atoms with Crippen LogP contribution < -0.4 is 4.90 Å². The van der Waals surface area contributed by atoms with E-state index in [0.717, 1.165) is 42.8 Å². The number of halogens is 1. The molecule has 0 amide bonds. The highest BCUT2D eigenvalue weighted by atomic mass is 79.9. The highest BCUT2D eigenvalue weighted by Gasteiger charge is 2.11. The third kappa shape index (κ3) is 2.75. The van der Waals surface area contributed by atoms with Gasteiger partial charge in [-0.2, -0.15) is 0 Å². The quantitative estimate of drug-likeness (QED) is 0.904. The first kappa shape index (κ1) is 11.9. The van der Waals surface area contributed by atoms with Crippen LogP contribution in [-0.4, -0.2) is 31.4 Å². The molecule has 1 aliphatic heterocycles. The van der Waals surface area contributed by atoms with Crippen LogP contribution in [0.25, 0.3) is 0 Å². The minimum Gasteiger partial charge on any atom is -0.392 e. The molecular formula is C12H16BrNO2. The molecule has 0 saturated carbocycles. The van der Waals surface area contributed by atoms with Crippen molar-refractivity contribution in [2.75, 3.05) is 31.2 Å². The first-order chi connectivity index (χ1) is 7.81. The molecule has 1 N–H and O–H groups in total. The van der Waals surface area contributed by atoms with Crippen molar-refractivity contribution < 1.29 is 9.84 Å². The molecule has 1 saturated heterocycles. The zero-order chi connectivity index (χ0) is 11.4. The van der Waals surface area contributed by atoms with Crippen molar-refractivity contribution in [3.8, 4) is 0 Å². The minimum absolute atomic E-state index is 0.0734. The van der Waals surface area contributed by atoms with Crippen LogP contribution >= 0.6 is 15.9 Å². The van der Waals surface area contributed by atoms with Gasteiger partial charge in [-0.3, -0.25) is 0 Å². The molecule has 1 aromatic carbocycles. The predicted molar refractivity (Wildman–Crippen MR) is 67.7 cm³/mol. The number of aliphatic hydroxyl groups excluding tert-OH is 1. The maximum absolute atomic E-state index is 9.10. The molecule has 1 heterocycles. The second-order valence-corrected chi connectivity index (χ2v) is 4.74. The lowest BCUT2D eigenvalue weighted by molar-refractivity contribution is 0.152. The van der Waals surface area contributed by atoms with Crippen LogP contribution in [-0.2, 0) is 11.3 Å². The Morgan fingerprint density at radius 3 is 2.94 bits per heavy atom. The van der Waals surface area contributed by atoms with E-state index >= 15 is 0 Å². The third-order valence-electron chi connectivity index (χ3n) is 2.79. The number of aliphatic hydroxyl groups is 1. The van der Waals surface area contributed by atoms with Crippen molar-refractivity contribution >= 4 is 21.6 Å². The van der Waals surface area contributed by atoms with E-state index in [1.807, 2.05) is 6.07 Å². The van der Waals surface area contributed by atoms with Gasteiger partial charge in [0, 0.05) is 29.9 Å². The van der Waals surface area contributed by atoms with E-state index in [-0.39, 0.29) is 6.61 Å². The van der Waals surface area contributed by atoms with Crippen molar-refractivity contribution in [1.82, 2.24) is 0 Å². The summed E-state index contributed by atoms with van der Waals surface area (Å²) in [5, 5.41) is 9.10. The van der Waals surface area contributed by atoms with Crippen LogP contribution in [0.2, 0.25) is 0 Å². The number of hydrogen-bond acceptors (Lipinski definition) is 3. The molecule has 4 heteroatoms. The van der Waals surface area contributed by atoms with Crippen LogP contribution in [0.4, 0.5) is 5.69 Å². The van der Waals surface area contributed by atoms with Crippen molar-refractivity contribution in [3.05, 3.63) is 28.2 Å². The zero-order valence-electron chi connectivity index (χ0n) is 9.16. The van der Waals surface area contributed by atoms with Gasteiger partial charge in [-0.05, 0) is 24.1 Å². The zero-order valence-corrected chi connectivity index (χ0v) is 10.7. The lowest BCUT2D eigenvalue weighted by Crippen LogP contribution is -2.25. The molecular weight excluding hydrogens is 270 g/mol. The standard InChI is InChI=1S/C12H16BrNO2/c13-12-8-11(3-2-10(12)9-15)14-4-1-6-16-7-5-14/h2-3,8,15H,1,4-7,9H2. The van der Waals surface area contributed by atoms with E-state index in [0.29, 0.717) is 0 Å². The summed E-state index contributed by atoms with van der Waals surface area (Å²) in [7, 11) is 0. The number of anilines is 1. The fourth-order valence-corrected chi connectivity index (χ4v) is 2.36. The molecule has 0 aromatic heterocycles. The fourth-order valence-electron chi connectivity index (χ4n) is 1.87. The summed E-state index contributed by atoms with van der Waals surface area (Å²) in [5.74, 6) is 0. The van der Waals surface area contributed by atoms with Crippen molar-refractivity contribution in [2.24, 2.45) is 0 Å². The van der Waals surface area contributed by atoms with Crippen molar-refractivity contribution in [1.29, 1.82) is 0 Å². The monoisotopic (exact) mass is 285 g/mol. The maximum Gasteiger partial charge on any atom is 0.0692 e. The molecule has 1 aliphatic rings. The summed E-state index contributed by atoms with van der Waals surface area (Å²) < 4.78 is 6.40. The van der Waals surface area contributed by atoms with Gasteiger partial charge in [0.2, 0.25) is 0 Å². The van der Waals surface area contributed by atoms with Crippen LogP contribution in [0.3, 0.4) is 0 Å². The van der Waals surface area contributed by atoms with Gasteiger partial charge in [0.05, 0.1) is 13.2 Å². The Labute approximate surface area is 104 Å². The van der Waals surface area contributed by atoms with Crippen LogP contribution in [0.5, 0.6) is 0 Å². The second kappa shape index (κ2) is 5.66. The Hall–Kier alpha value is -0.580. The smallest absolute Gasteiger partial charge is 0.0692 e. The summed E-state index contributed by atoms with van der Waals surface area (Å²) >= 11 is 3.48. The Morgan fingerprint density at radius 2 is 2.19 bits per heavy atom. The van der Waals surface area contributed by atoms with Gasteiger partial charge in [-0.1, -0.05) is 22.0 Å². The van der Waals surface area contributed by atoms with E-state index in [1.165, 1.54) is 5.69 Å². The van der Waals surface area contributed by atoms with Gasteiger partial charge in [0.1, 0.15) is 0 Å². The summed E-state index contributed by atoms with van der Waals surface area (Å²) in [6.45, 7) is 3.69. The van der Waals surface area contributed by atoms with Gasteiger partial charge in [-0.15, -0.1) is 0 Å². The molecule has 1 fully saturated rings. The topological polar surface area (TPSA) is 32.7 Å². The number of nitrogens with zero attached hydrogens (tertiary/aromatic N) is 1. The summed E-state index contributed by atoms with van der Waals surface area (Å²) in [5.41, 5.74) is 2.12. The molecule has 0 unspecified atom stereocenters. The molecule has 0 aliphatic carbocycles. The van der Waals surface area contributed by atoms with Gasteiger partial charge in [0.25, 0.3) is 0 Å². The molecule has 0 spiro atoms. The van der Waals surface area contributed by atoms with Gasteiger partial charge < -0.3 is 14.7 Å². The Bertz CT molecular complexity index is 349. The fraction of sp³-hybridized carbons (Fsp3) is 0.500. The van der Waals surface area contributed by atoms with Crippen molar-refractivity contribution in [2.45, 2.75) is 13.0 Å². The van der Waals surface area contributed by atoms with E-state index in [1.54, 1.807) is 0 Å². The summed E-state index contributed by atoms with van der Waals surface area (Å²) in [6.07, 6.45) is 1.07. The van der Waals surface area contributed by atoms with E-state index in [2.05, 4.69) is 33.0 Å². The van der Waals surface area contributed by atoms with E-state index < -0.39 is 0 Å². The molecule has 16 heavy (non-hydrogen) atoms. The number of hydrogen-bond donors (Lipinski definition) is 1. The van der Waals surface area contributed by atoms with Gasteiger partial charge >= 0.3 is 0 Å². The first-order valence-electron chi connectivity index (χ1n) is 5.53. The van der Waals surface area contributed by atoms with Crippen LogP contribution in [0, 0.1) is 0 Å². The number of rotatable bonds is 2. The highest BCUT2D eigenvalue weighted by Crippen LogP contribution is 2.24. The molecule has 0 bridgehead atoms. The maximum atomic E-state index is 9.10. The average molecular weight is 286 g/mol. The molecule has 3 nitrogen and oxygen atoms in total. The normalized spacial score (nSPS) is 17.2. The molecule has 2 rings (SSSR count). The van der Waals surface area contributed by atoms with Crippen LogP contribution in [0.15, 0.2) is 22.7 Å². The Kier molecular flexibility index (Phi) is 4.21. The third-order valence-corrected chi connectivity index (χ3v) is 3.53. The molecule has 88 valence electrons. The lowest BCUT2D eigenvalue weighted by Gasteiger charge is -2.22.